The maximum Gasteiger partial charge on any atom is 0.573 e. The van der Waals surface area contributed by atoms with Crippen LogP contribution in [0.4, 0.5) is 26.3 Å². The predicted molar refractivity (Wildman–Crippen MR) is 55.1 cm³/mol. The second-order valence-electron chi connectivity index (χ2n) is 3.16. The van der Waals surface area contributed by atoms with Crippen LogP contribution in [0.5, 0.6) is 11.5 Å². The number of alkyl halides is 7. The SMILES string of the molecule is COc1cc(OC(F)(F)F)c(C(F)(F)F)nc1CBr. The molecule has 0 spiro atoms. The Morgan fingerprint density at radius 3 is 2.11 bits per heavy atom. The molecule has 0 saturated carbocycles. The second-order valence-corrected chi connectivity index (χ2v) is 3.72. The number of ether oxygens (including phenoxy) is 2. The molecule has 0 N–H and O–H groups in total. The molecule has 0 aliphatic rings. The third-order valence-corrected chi connectivity index (χ3v) is 2.40. The molecule has 10 heteroatoms. The van der Waals surface area contributed by atoms with Gasteiger partial charge >= 0.3 is 12.5 Å². The minimum absolute atomic E-state index is 0.119. The molecule has 0 radical (unpaired) electrons. The Kier molecular flexibility index (Phi) is 4.54. The quantitative estimate of drug-likeness (QED) is 0.610. The summed E-state index contributed by atoms with van der Waals surface area (Å²) in [5, 5.41) is -0.119. The van der Waals surface area contributed by atoms with E-state index >= 15 is 0 Å². The number of rotatable bonds is 3. The normalized spacial score (nSPS) is 12.4. The summed E-state index contributed by atoms with van der Waals surface area (Å²) >= 11 is 2.86. The van der Waals surface area contributed by atoms with Crippen LogP contribution in [0.2, 0.25) is 0 Å². The average Bonchev–Trinajstić information content (AvgIpc) is 2.24. The molecule has 0 bridgehead atoms. The van der Waals surface area contributed by atoms with Crippen molar-refractivity contribution in [1.82, 2.24) is 4.98 Å². The van der Waals surface area contributed by atoms with Crippen molar-refractivity contribution < 1.29 is 35.8 Å². The van der Waals surface area contributed by atoms with Gasteiger partial charge in [0, 0.05) is 11.4 Å². The van der Waals surface area contributed by atoms with Gasteiger partial charge in [-0.05, 0) is 0 Å². The molecule has 19 heavy (non-hydrogen) atoms. The van der Waals surface area contributed by atoms with E-state index in [9.17, 15) is 26.3 Å². The Hall–Kier alpha value is -1.19. The van der Waals surface area contributed by atoms with E-state index < -0.39 is 24.0 Å². The van der Waals surface area contributed by atoms with Gasteiger partial charge in [-0.3, -0.25) is 0 Å². The molecule has 0 aliphatic heterocycles. The van der Waals surface area contributed by atoms with E-state index in [2.05, 4.69) is 30.4 Å². The lowest BCUT2D eigenvalue weighted by atomic mass is 10.2. The zero-order chi connectivity index (χ0) is 14.8. The fourth-order valence-corrected chi connectivity index (χ4v) is 1.60. The molecule has 0 amide bonds. The van der Waals surface area contributed by atoms with Gasteiger partial charge in [-0.15, -0.1) is 13.2 Å². The third-order valence-electron chi connectivity index (χ3n) is 1.87. The van der Waals surface area contributed by atoms with Gasteiger partial charge in [0.1, 0.15) is 5.75 Å². The summed E-state index contributed by atoms with van der Waals surface area (Å²) in [6.07, 6.45) is -10.3. The average molecular weight is 354 g/mol. The van der Waals surface area contributed by atoms with Crippen LogP contribution in [0.25, 0.3) is 0 Å². The first-order valence-corrected chi connectivity index (χ1v) is 5.67. The number of halogens is 7. The van der Waals surface area contributed by atoms with E-state index in [0.717, 1.165) is 7.11 Å². The fourth-order valence-electron chi connectivity index (χ4n) is 1.19. The summed E-state index contributed by atoms with van der Waals surface area (Å²) in [6, 6.07) is 0.500. The standard InChI is InChI=1S/C9H6BrF6NO2/c1-18-5-2-6(19-9(14,15)16)7(8(11,12)13)17-4(5)3-10/h2H,3H2,1H3. The first-order valence-electron chi connectivity index (χ1n) is 4.55. The second kappa shape index (κ2) is 5.43. The topological polar surface area (TPSA) is 31.4 Å². The van der Waals surface area contributed by atoms with Crippen molar-refractivity contribution in [2.75, 3.05) is 7.11 Å². The smallest absolute Gasteiger partial charge is 0.495 e. The van der Waals surface area contributed by atoms with Crippen molar-refractivity contribution in [2.45, 2.75) is 17.9 Å². The molecule has 0 atom stereocenters. The Morgan fingerprint density at radius 1 is 1.16 bits per heavy atom. The highest BCUT2D eigenvalue weighted by Crippen LogP contribution is 2.40. The van der Waals surface area contributed by atoms with Crippen LogP contribution in [0.3, 0.4) is 0 Å². The number of methoxy groups -OCH3 is 1. The van der Waals surface area contributed by atoms with Gasteiger partial charge < -0.3 is 9.47 Å². The summed E-state index contributed by atoms with van der Waals surface area (Å²) in [5.74, 6) is -1.70. The van der Waals surface area contributed by atoms with Crippen molar-refractivity contribution in [3.63, 3.8) is 0 Å². The molecule has 0 saturated heterocycles. The lowest BCUT2D eigenvalue weighted by Crippen LogP contribution is -2.21. The minimum atomic E-state index is -5.26. The van der Waals surface area contributed by atoms with Gasteiger partial charge in [0.05, 0.1) is 12.8 Å². The van der Waals surface area contributed by atoms with Gasteiger partial charge in [-0.1, -0.05) is 15.9 Å². The highest BCUT2D eigenvalue weighted by molar-refractivity contribution is 9.08. The van der Waals surface area contributed by atoms with Crippen LogP contribution in [0.1, 0.15) is 11.4 Å². The lowest BCUT2D eigenvalue weighted by Gasteiger charge is -2.17. The zero-order valence-corrected chi connectivity index (χ0v) is 10.8. The van der Waals surface area contributed by atoms with Crippen LogP contribution >= 0.6 is 15.9 Å². The predicted octanol–water partition coefficient (Wildman–Crippen LogP) is 3.90. The Morgan fingerprint density at radius 2 is 1.74 bits per heavy atom. The molecule has 108 valence electrons. The summed E-state index contributed by atoms with van der Waals surface area (Å²) in [6.45, 7) is 0. The number of hydrogen-bond donors (Lipinski definition) is 0. The van der Waals surface area contributed by atoms with E-state index in [4.69, 9.17) is 0 Å². The van der Waals surface area contributed by atoms with E-state index in [0.29, 0.717) is 6.07 Å². The molecule has 0 unspecified atom stereocenters. The van der Waals surface area contributed by atoms with Gasteiger partial charge in [0.2, 0.25) is 0 Å². The molecule has 0 aliphatic carbocycles. The molecular weight excluding hydrogens is 348 g/mol. The van der Waals surface area contributed by atoms with E-state index in [1.165, 1.54) is 0 Å². The first-order chi connectivity index (χ1) is 8.58. The minimum Gasteiger partial charge on any atom is -0.495 e. The molecule has 1 rings (SSSR count). The van der Waals surface area contributed by atoms with Crippen molar-refractivity contribution in [1.29, 1.82) is 0 Å². The van der Waals surface area contributed by atoms with Gasteiger partial charge in [-0.2, -0.15) is 13.2 Å². The summed E-state index contributed by atoms with van der Waals surface area (Å²) in [5.41, 5.74) is -1.95. The van der Waals surface area contributed by atoms with Gasteiger partial charge in [-0.25, -0.2) is 4.98 Å². The highest BCUT2D eigenvalue weighted by Gasteiger charge is 2.41. The molecular formula is C9H6BrF6NO2. The van der Waals surface area contributed by atoms with E-state index in [1.54, 1.807) is 0 Å². The zero-order valence-electron chi connectivity index (χ0n) is 9.19. The maximum absolute atomic E-state index is 12.6. The van der Waals surface area contributed by atoms with Crippen molar-refractivity contribution in [3.8, 4) is 11.5 Å². The number of aromatic nitrogens is 1. The number of nitrogens with zero attached hydrogens (tertiary/aromatic N) is 1. The molecule has 3 nitrogen and oxygen atoms in total. The van der Waals surface area contributed by atoms with Crippen molar-refractivity contribution in [3.05, 3.63) is 17.5 Å². The number of hydrogen-bond acceptors (Lipinski definition) is 3. The van der Waals surface area contributed by atoms with E-state index in [1.807, 2.05) is 0 Å². The Labute approximate surface area is 111 Å². The van der Waals surface area contributed by atoms with Crippen LogP contribution in [0, 0.1) is 0 Å². The van der Waals surface area contributed by atoms with Crippen LogP contribution < -0.4 is 9.47 Å². The Bertz CT molecular complexity index is 459. The van der Waals surface area contributed by atoms with Gasteiger partial charge in [0.25, 0.3) is 0 Å². The van der Waals surface area contributed by atoms with Crippen molar-refractivity contribution >= 4 is 15.9 Å². The summed E-state index contributed by atoms with van der Waals surface area (Å²) < 4.78 is 82.0. The van der Waals surface area contributed by atoms with Crippen LogP contribution in [-0.2, 0) is 11.5 Å². The van der Waals surface area contributed by atoms with E-state index in [-0.39, 0.29) is 16.8 Å². The lowest BCUT2D eigenvalue weighted by molar-refractivity contribution is -0.276. The molecule has 1 aromatic heterocycles. The van der Waals surface area contributed by atoms with Crippen molar-refractivity contribution in [2.24, 2.45) is 0 Å². The first kappa shape index (κ1) is 15.9. The molecule has 1 aromatic rings. The molecule has 1 heterocycles. The number of pyridine rings is 1. The van der Waals surface area contributed by atoms with Crippen LogP contribution in [0.15, 0.2) is 6.07 Å². The summed E-state index contributed by atoms with van der Waals surface area (Å²) in [7, 11) is 1.09. The summed E-state index contributed by atoms with van der Waals surface area (Å²) in [4.78, 5) is 3.10. The van der Waals surface area contributed by atoms with Crippen LogP contribution in [-0.4, -0.2) is 18.5 Å². The fraction of sp³-hybridized carbons (Fsp3) is 0.444. The maximum atomic E-state index is 12.6. The Balaban J connectivity index is 3.41. The van der Waals surface area contributed by atoms with Gasteiger partial charge in [0.15, 0.2) is 11.4 Å². The molecule has 0 fully saturated rings. The largest absolute Gasteiger partial charge is 0.573 e. The highest BCUT2D eigenvalue weighted by atomic mass is 79.9. The monoisotopic (exact) mass is 353 g/mol. The molecule has 0 aromatic carbocycles. The third kappa shape index (κ3) is 4.15.